The molecule has 0 aliphatic carbocycles. The Bertz CT molecular complexity index is 672. The van der Waals surface area contributed by atoms with Crippen molar-refractivity contribution in [2.45, 2.75) is 19.0 Å². The summed E-state index contributed by atoms with van der Waals surface area (Å²) in [5.41, 5.74) is 2.33. The highest BCUT2D eigenvalue weighted by Gasteiger charge is 2.39. The first-order chi connectivity index (χ1) is 11.2. The number of hydrogen-bond donors (Lipinski definition) is 0. The molecule has 23 heavy (non-hydrogen) atoms. The van der Waals surface area contributed by atoms with Gasteiger partial charge in [-0.15, -0.1) is 0 Å². The first kappa shape index (κ1) is 15.3. The van der Waals surface area contributed by atoms with Crippen LogP contribution in [0.2, 0.25) is 10.0 Å². The number of aromatic nitrogens is 1. The lowest BCUT2D eigenvalue weighted by molar-refractivity contribution is 0.188. The number of nitrogens with zero attached hydrogens (tertiary/aromatic N) is 3. The minimum atomic E-state index is 0.481. The van der Waals surface area contributed by atoms with Gasteiger partial charge in [0.25, 0.3) is 0 Å². The van der Waals surface area contributed by atoms with Crippen molar-refractivity contribution in [2.24, 2.45) is 5.92 Å². The van der Waals surface area contributed by atoms with Crippen molar-refractivity contribution >= 4 is 28.9 Å². The van der Waals surface area contributed by atoms with Crippen LogP contribution in [0, 0.1) is 5.92 Å². The standard InChI is InChI=1S/C18H19Cl2N3/c19-16-7-21-8-17(20)18(16)23-11-14-6-15(23)12-22(10-14)9-13-4-2-1-3-5-13/h1-5,7-8,14-15H,6,9-12H2. The summed E-state index contributed by atoms with van der Waals surface area (Å²) in [6.45, 7) is 4.24. The summed E-state index contributed by atoms with van der Waals surface area (Å²) in [7, 11) is 0. The highest BCUT2D eigenvalue weighted by molar-refractivity contribution is 6.38. The number of likely N-dealkylation sites (tertiary alicyclic amines) is 1. The molecule has 2 unspecified atom stereocenters. The Morgan fingerprint density at radius 1 is 1.00 bits per heavy atom. The summed E-state index contributed by atoms with van der Waals surface area (Å²) in [6.07, 6.45) is 4.60. The quantitative estimate of drug-likeness (QED) is 0.833. The lowest BCUT2D eigenvalue weighted by atomic mass is 9.99. The summed E-state index contributed by atoms with van der Waals surface area (Å²) in [4.78, 5) is 9.01. The minimum Gasteiger partial charge on any atom is -0.364 e. The molecule has 1 aromatic heterocycles. The highest BCUT2D eigenvalue weighted by Crippen LogP contribution is 2.40. The molecule has 2 aliphatic rings. The maximum atomic E-state index is 6.36. The van der Waals surface area contributed by atoms with Crippen LogP contribution in [0.15, 0.2) is 42.7 Å². The Kier molecular flexibility index (Phi) is 4.18. The van der Waals surface area contributed by atoms with E-state index in [0.29, 0.717) is 22.0 Å². The molecule has 4 rings (SSSR count). The SMILES string of the molecule is Clc1cncc(Cl)c1N1CC2CC1CN(Cc1ccccc1)C2. The molecule has 2 aromatic rings. The fraction of sp³-hybridized carbons (Fsp3) is 0.389. The van der Waals surface area contributed by atoms with Crippen LogP contribution in [0.25, 0.3) is 0 Å². The fourth-order valence-electron chi connectivity index (χ4n) is 3.98. The number of pyridine rings is 1. The number of halogens is 2. The van der Waals surface area contributed by atoms with Crippen LogP contribution >= 0.6 is 23.2 Å². The van der Waals surface area contributed by atoms with Crippen LogP contribution in [0.1, 0.15) is 12.0 Å². The molecule has 2 bridgehead atoms. The van der Waals surface area contributed by atoms with Crippen molar-refractivity contribution in [1.29, 1.82) is 0 Å². The predicted octanol–water partition coefficient (Wildman–Crippen LogP) is 4.10. The molecule has 0 spiro atoms. The second-order valence-corrected chi connectivity index (χ2v) is 7.35. The Morgan fingerprint density at radius 3 is 2.48 bits per heavy atom. The third-order valence-corrected chi connectivity index (χ3v) is 5.40. The Hall–Kier alpha value is -1.29. The fourth-order valence-corrected chi connectivity index (χ4v) is 4.56. The van der Waals surface area contributed by atoms with Crippen molar-refractivity contribution < 1.29 is 0 Å². The molecule has 3 nitrogen and oxygen atoms in total. The average Bonchev–Trinajstić information content (AvgIpc) is 2.83. The van der Waals surface area contributed by atoms with Crippen molar-refractivity contribution in [3.05, 3.63) is 58.3 Å². The molecule has 0 saturated carbocycles. The molecule has 0 radical (unpaired) electrons. The summed E-state index contributed by atoms with van der Waals surface area (Å²) in [6, 6.07) is 11.2. The second kappa shape index (κ2) is 6.31. The number of anilines is 1. The van der Waals surface area contributed by atoms with E-state index in [1.165, 1.54) is 12.0 Å². The van der Waals surface area contributed by atoms with Crippen LogP contribution in [-0.2, 0) is 6.54 Å². The van der Waals surface area contributed by atoms with Crippen LogP contribution < -0.4 is 4.90 Å². The van der Waals surface area contributed by atoms with E-state index in [0.717, 1.165) is 31.9 Å². The lowest BCUT2D eigenvalue weighted by Gasteiger charge is -2.33. The Balaban J connectivity index is 1.53. The maximum absolute atomic E-state index is 6.36. The number of fused-ring (bicyclic) bond motifs is 2. The Morgan fingerprint density at radius 2 is 1.74 bits per heavy atom. The summed E-state index contributed by atoms with van der Waals surface area (Å²) < 4.78 is 0. The van der Waals surface area contributed by atoms with E-state index in [-0.39, 0.29) is 0 Å². The third-order valence-electron chi connectivity index (χ3n) is 4.85. The van der Waals surface area contributed by atoms with E-state index in [2.05, 4.69) is 45.1 Å². The van der Waals surface area contributed by atoms with Crippen LogP contribution in [0.3, 0.4) is 0 Å². The topological polar surface area (TPSA) is 19.4 Å². The van der Waals surface area contributed by atoms with E-state index in [4.69, 9.17) is 23.2 Å². The van der Waals surface area contributed by atoms with Crippen LogP contribution in [-0.4, -0.2) is 35.6 Å². The second-order valence-electron chi connectivity index (χ2n) is 6.54. The largest absolute Gasteiger partial charge is 0.364 e. The molecule has 0 amide bonds. The predicted molar refractivity (Wildman–Crippen MR) is 95.2 cm³/mol. The zero-order valence-electron chi connectivity index (χ0n) is 12.8. The average molecular weight is 348 g/mol. The molecule has 2 fully saturated rings. The summed E-state index contributed by atoms with van der Waals surface area (Å²) in [5.74, 6) is 0.678. The van der Waals surface area contributed by atoms with Gasteiger partial charge in [0.1, 0.15) is 0 Å². The lowest BCUT2D eigenvalue weighted by Crippen LogP contribution is -2.42. The third kappa shape index (κ3) is 3.06. The van der Waals surface area contributed by atoms with E-state index < -0.39 is 0 Å². The van der Waals surface area contributed by atoms with Gasteiger partial charge in [0.2, 0.25) is 0 Å². The molecule has 5 heteroatoms. The van der Waals surface area contributed by atoms with E-state index >= 15 is 0 Å². The summed E-state index contributed by atoms with van der Waals surface area (Å²) in [5, 5.41) is 1.30. The molecule has 2 atom stereocenters. The van der Waals surface area contributed by atoms with Gasteiger partial charge in [-0.25, -0.2) is 0 Å². The van der Waals surface area contributed by atoms with Gasteiger partial charge in [-0.2, -0.15) is 0 Å². The molecular weight excluding hydrogens is 329 g/mol. The summed E-state index contributed by atoms with van der Waals surface area (Å²) >= 11 is 12.7. The van der Waals surface area contributed by atoms with Gasteiger partial charge < -0.3 is 4.90 Å². The monoisotopic (exact) mass is 347 g/mol. The van der Waals surface area contributed by atoms with Gasteiger partial charge in [-0.3, -0.25) is 9.88 Å². The van der Waals surface area contributed by atoms with Crippen molar-refractivity contribution in [2.75, 3.05) is 24.5 Å². The van der Waals surface area contributed by atoms with Crippen LogP contribution in [0.5, 0.6) is 0 Å². The smallest absolute Gasteiger partial charge is 0.0838 e. The van der Waals surface area contributed by atoms with Crippen molar-refractivity contribution in [3.8, 4) is 0 Å². The van der Waals surface area contributed by atoms with E-state index in [1.54, 1.807) is 12.4 Å². The molecule has 120 valence electrons. The van der Waals surface area contributed by atoms with E-state index in [1.807, 2.05) is 0 Å². The van der Waals surface area contributed by atoms with Crippen LogP contribution in [0.4, 0.5) is 5.69 Å². The van der Waals surface area contributed by atoms with Crippen molar-refractivity contribution in [3.63, 3.8) is 0 Å². The Labute approximate surface area is 146 Å². The van der Waals surface area contributed by atoms with Crippen molar-refractivity contribution in [1.82, 2.24) is 9.88 Å². The maximum Gasteiger partial charge on any atom is 0.0838 e. The van der Waals surface area contributed by atoms with Gasteiger partial charge in [0.15, 0.2) is 0 Å². The first-order valence-electron chi connectivity index (χ1n) is 8.02. The number of benzene rings is 1. The molecule has 0 N–H and O–H groups in total. The minimum absolute atomic E-state index is 0.481. The van der Waals surface area contributed by atoms with Gasteiger partial charge in [0.05, 0.1) is 15.7 Å². The number of piperidine rings is 1. The van der Waals surface area contributed by atoms with Gasteiger partial charge in [-0.1, -0.05) is 53.5 Å². The van der Waals surface area contributed by atoms with Gasteiger partial charge in [-0.05, 0) is 17.9 Å². The van der Waals surface area contributed by atoms with Gasteiger partial charge >= 0.3 is 0 Å². The van der Waals surface area contributed by atoms with E-state index in [9.17, 15) is 0 Å². The first-order valence-corrected chi connectivity index (χ1v) is 8.78. The number of rotatable bonds is 3. The molecule has 2 aliphatic heterocycles. The normalized spacial score (nSPS) is 24.2. The zero-order chi connectivity index (χ0) is 15.8. The van der Waals surface area contributed by atoms with Gasteiger partial charge in [0, 0.05) is 44.6 Å². The zero-order valence-corrected chi connectivity index (χ0v) is 14.3. The molecular formula is C18H19Cl2N3. The number of hydrogen-bond acceptors (Lipinski definition) is 3. The molecule has 2 saturated heterocycles. The molecule has 3 heterocycles. The highest BCUT2D eigenvalue weighted by atomic mass is 35.5. The molecule has 1 aromatic carbocycles.